The van der Waals surface area contributed by atoms with Crippen molar-refractivity contribution in [1.29, 1.82) is 0 Å². The van der Waals surface area contributed by atoms with Crippen molar-refractivity contribution < 1.29 is 0 Å². The first-order chi connectivity index (χ1) is 34.7. The maximum Gasteiger partial charge on any atom is 0.179 e. The highest BCUT2D eigenvalue weighted by atomic mass is 28.3. The van der Waals surface area contributed by atoms with Gasteiger partial charge in [-0.2, -0.15) is 0 Å². The van der Waals surface area contributed by atoms with Crippen LogP contribution < -0.4 is 20.7 Å². The Morgan fingerprint density at radius 2 is 0.543 bits per heavy atom. The lowest BCUT2D eigenvalue weighted by Gasteiger charge is -2.34. The van der Waals surface area contributed by atoms with Gasteiger partial charge in [-0.3, -0.25) is 0 Å². The summed E-state index contributed by atoms with van der Waals surface area (Å²) in [5.74, 6) is 0. The van der Waals surface area contributed by atoms with Crippen LogP contribution in [0.3, 0.4) is 0 Å². The normalized spacial score (nSPS) is 12.0. The van der Waals surface area contributed by atoms with Crippen molar-refractivity contribution in [2.45, 2.75) is 0 Å². The molecule has 0 aliphatic heterocycles. The Balaban J connectivity index is 0.964. The van der Waals surface area contributed by atoms with Crippen molar-refractivity contribution in [2.75, 3.05) is 0 Å². The van der Waals surface area contributed by atoms with Gasteiger partial charge in [-0.1, -0.05) is 188 Å². The van der Waals surface area contributed by atoms with Gasteiger partial charge in [-0.15, -0.1) is 0 Å². The second-order valence-electron chi connectivity index (χ2n) is 18.5. The fourth-order valence-corrected chi connectivity index (χ4v) is 16.5. The molecule has 0 N–H and O–H groups in total. The highest BCUT2D eigenvalue weighted by molar-refractivity contribution is 7.19. The highest BCUT2D eigenvalue weighted by Gasteiger charge is 2.41. The maximum atomic E-state index is 2.48. The molecule has 3 aromatic heterocycles. The summed E-state index contributed by atoms with van der Waals surface area (Å²) in [5, 5.41) is 12.9. The number of rotatable bonds is 8. The van der Waals surface area contributed by atoms with Gasteiger partial charge in [0.15, 0.2) is 8.07 Å². The van der Waals surface area contributed by atoms with Crippen LogP contribution >= 0.6 is 0 Å². The third kappa shape index (κ3) is 6.07. The van der Waals surface area contributed by atoms with Crippen molar-refractivity contribution >= 4 is 94.2 Å². The van der Waals surface area contributed by atoms with Crippen LogP contribution in [0.4, 0.5) is 0 Å². The quantitative estimate of drug-likeness (QED) is 0.107. The third-order valence-corrected chi connectivity index (χ3v) is 19.5. The number of aromatic nitrogens is 3. The van der Waals surface area contributed by atoms with E-state index in [-0.39, 0.29) is 0 Å². The van der Waals surface area contributed by atoms with E-state index in [0.717, 1.165) is 17.1 Å². The van der Waals surface area contributed by atoms with E-state index in [1.165, 1.54) is 97.3 Å². The Morgan fingerprint density at radius 1 is 0.200 bits per heavy atom. The smallest absolute Gasteiger partial charge is 0.179 e. The summed E-state index contributed by atoms with van der Waals surface area (Å²) in [5.41, 5.74) is 13.0. The fraction of sp³-hybridized carbons (Fsp3) is 0. The number of para-hydroxylation sites is 4. The zero-order valence-corrected chi connectivity index (χ0v) is 39.3. The van der Waals surface area contributed by atoms with Crippen LogP contribution in [-0.2, 0) is 0 Å². The summed E-state index contributed by atoms with van der Waals surface area (Å²) in [6.07, 6.45) is 0. The van der Waals surface area contributed by atoms with Crippen LogP contribution in [0.2, 0.25) is 0 Å². The second kappa shape index (κ2) is 16.1. The summed E-state index contributed by atoms with van der Waals surface area (Å²) in [6.45, 7) is 0. The van der Waals surface area contributed by atoms with E-state index in [2.05, 4.69) is 287 Å². The molecule has 0 amide bonds. The largest absolute Gasteiger partial charge is 0.309 e. The van der Waals surface area contributed by atoms with Gasteiger partial charge in [0, 0.05) is 49.4 Å². The van der Waals surface area contributed by atoms with Gasteiger partial charge in [0.1, 0.15) is 0 Å². The highest BCUT2D eigenvalue weighted by Crippen LogP contribution is 2.42. The Morgan fingerprint density at radius 3 is 1.03 bits per heavy atom. The van der Waals surface area contributed by atoms with Gasteiger partial charge in [0.05, 0.1) is 33.1 Å². The summed E-state index contributed by atoms with van der Waals surface area (Å²) in [7, 11) is -2.75. The molecule has 4 heteroatoms. The van der Waals surface area contributed by atoms with Crippen molar-refractivity contribution in [3.8, 4) is 28.2 Å². The molecule has 328 valence electrons. The van der Waals surface area contributed by atoms with Gasteiger partial charge in [0.2, 0.25) is 0 Å². The summed E-state index contributed by atoms with van der Waals surface area (Å²) >= 11 is 0. The first-order valence-corrected chi connectivity index (χ1v) is 26.2. The zero-order chi connectivity index (χ0) is 46.2. The molecule has 0 bridgehead atoms. The van der Waals surface area contributed by atoms with Gasteiger partial charge in [0.25, 0.3) is 0 Å². The van der Waals surface area contributed by atoms with Crippen molar-refractivity contribution in [1.82, 2.24) is 13.7 Å². The van der Waals surface area contributed by atoms with Crippen molar-refractivity contribution in [3.05, 3.63) is 273 Å². The van der Waals surface area contributed by atoms with Gasteiger partial charge >= 0.3 is 0 Å². The van der Waals surface area contributed by atoms with E-state index in [9.17, 15) is 0 Å². The molecule has 0 unspecified atom stereocenters. The summed E-state index contributed by atoms with van der Waals surface area (Å²) in [4.78, 5) is 0. The molecule has 14 aromatic rings. The van der Waals surface area contributed by atoms with Crippen LogP contribution in [0.1, 0.15) is 0 Å². The maximum absolute atomic E-state index is 2.75. The fourth-order valence-electron chi connectivity index (χ4n) is 11.7. The molecule has 0 fully saturated rings. The average molecular weight is 908 g/mol. The molecule has 0 saturated carbocycles. The lowest BCUT2D eigenvalue weighted by Crippen LogP contribution is -2.74. The molecule has 0 radical (unpaired) electrons. The first kappa shape index (κ1) is 40.1. The molecular formula is C66H45N3Si. The molecular weight excluding hydrogens is 863 g/mol. The van der Waals surface area contributed by atoms with Gasteiger partial charge in [-0.25, -0.2) is 0 Å². The zero-order valence-electron chi connectivity index (χ0n) is 38.3. The topological polar surface area (TPSA) is 14.8 Å². The van der Waals surface area contributed by atoms with Crippen LogP contribution in [0, 0.1) is 0 Å². The molecule has 14 rings (SSSR count). The summed E-state index contributed by atoms with van der Waals surface area (Å²) < 4.78 is 7.33. The van der Waals surface area contributed by atoms with Crippen LogP contribution in [-0.4, -0.2) is 21.8 Å². The van der Waals surface area contributed by atoms with E-state index < -0.39 is 8.07 Å². The third-order valence-electron chi connectivity index (χ3n) is 14.8. The SMILES string of the molecule is c1ccc(-n2c3ccccc3c3cc4c5cc(-c6ccc7c(c6)c6ccccc6n7-c6cccc([Si](c7ccccc7)(c7ccccc7)c7ccccc7)c6)ccc5n(-c5ccccc5)c4cc32)cc1. The van der Waals surface area contributed by atoms with E-state index in [0.29, 0.717) is 0 Å². The van der Waals surface area contributed by atoms with Crippen LogP contribution in [0.15, 0.2) is 273 Å². The number of hydrogen-bond donors (Lipinski definition) is 0. The Labute approximate surface area is 407 Å². The van der Waals surface area contributed by atoms with E-state index in [4.69, 9.17) is 0 Å². The molecule has 3 heterocycles. The number of benzene rings is 11. The minimum absolute atomic E-state index is 1.14. The first-order valence-electron chi connectivity index (χ1n) is 24.2. The van der Waals surface area contributed by atoms with E-state index in [1.807, 2.05) is 0 Å². The standard InChI is InChI=1S/C66H45N3Si/c1-6-21-48(22-7-1)67-61-35-18-17-34-56(61)59-44-60-58-42-47(38-40-64(58)68(66(60)45-65(59)67)49-23-8-2-9-24-49)46-37-39-63-57(41-46)55-33-16-19-36-62(55)69(63)50-25-20-32-54(43-50)70(51-26-10-3-11-27-51,52-28-12-4-13-29-52)53-30-14-5-15-31-53/h1-45H. The van der Waals surface area contributed by atoms with Gasteiger partial charge < -0.3 is 13.7 Å². The second-order valence-corrected chi connectivity index (χ2v) is 22.3. The predicted molar refractivity (Wildman–Crippen MR) is 299 cm³/mol. The lowest BCUT2D eigenvalue weighted by atomic mass is 10.00. The van der Waals surface area contributed by atoms with E-state index >= 15 is 0 Å². The Bertz CT molecular complexity index is 4170. The summed E-state index contributed by atoms with van der Waals surface area (Å²) in [6, 6.07) is 101. The number of hydrogen-bond acceptors (Lipinski definition) is 0. The van der Waals surface area contributed by atoms with Crippen molar-refractivity contribution in [2.24, 2.45) is 0 Å². The Kier molecular flexibility index (Phi) is 9.23. The predicted octanol–water partition coefficient (Wildman–Crippen LogP) is 14.0. The van der Waals surface area contributed by atoms with Gasteiger partial charge in [-0.05, 0) is 117 Å². The lowest BCUT2D eigenvalue weighted by molar-refractivity contribution is 1.16. The minimum atomic E-state index is -2.75. The number of nitrogens with zero attached hydrogens (tertiary/aromatic N) is 3. The number of fused-ring (bicyclic) bond motifs is 9. The van der Waals surface area contributed by atoms with E-state index in [1.54, 1.807) is 0 Å². The molecule has 0 aliphatic rings. The molecule has 0 aliphatic carbocycles. The van der Waals surface area contributed by atoms with Crippen LogP contribution in [0.5, 0.6) is 0 Å². The molecule has 70 heavy (non-hydrogen) atoms. The average Bonchev–Trinajstić information content (AvgIpc) is 4.06. The molecule has 0 atom stereocenters. The Hall–Kier alpha value is -8.96. The molecule has 0 spiro atoms. The molecule has 3 nitrogen and oxygen atoms in total. The minimum Gasteiger partial charge on any atom is -0.309 e. The monoisotopic (exact) mass is 907 g/mol. The molecule has 0 saturated heterocycles. The van der Waals surface area contributed by atoms with Crippen LogP contribution in [0.25, 0.3) is 93.6 Å². The van der Waals surface area contributed by atoms with Crippen molar-refractivity contribution in [3.63, 3.8) is 0 Å². The molecule has 11 aromatic carbocycles.